The van der Waals surface area contributed by atoms with E-state index >= 15 is 0 Å². The van der Waals surface area contributed by atoms with Crippen LogP contribution in [-0.4, -0.2) is 29.1 Å². The smallest absolute Gasteiger partial charge is 0.180 e. The number of nitrogens with one attached hydrogen (secondary N) is 1. The molecule has 5 heteroatoms. The molecule has 2 aliphatic heterocycles. The van der Waals surface area contributed by atoms with Crippen LogP contribution in [0.25, 0.3) is 22.2 Å². The van der Waals surface area contributed by atoms with Gasteiger partial charge in [0.25, 0.3) is 0 Å². The van der Waals surface area contributed by atoms with Gasteiger partial charge >= 0.3 is 0 Å². The molecule has 5 nitrogen and oxygen atoms in total. The second kappa shape index (κ2) is 5.95. The van der Waals surface area contributed by atoms with E-state index in [1.165, 1.54) is 33.2 Å². The highest BCUT2D eigenvalue weighted by Crippen LogP contribution is 2.35. The Bertz CT molecular complexity index is 1040. The molecular formula is C21H21N3O2. The maximum atomic E-state index is 5.73. The fourth-order valence-electron chi connectivity index (χ4n) is 3.92. The van der Waals surface area contributed by atoms with Crippen molar-refractivity contribution in [3.63, 3.8) is 0 Å². The van der Waals surface area contributed by atoms with Gasteiger partial charge in [0, 0.05) is 30.3 Å². The Balaban J connectivity index is 1.67. The average Bonchev–Trinajstić information content (AvgIpc) is 3.26. The maximum Gasteiger partial charge on any atom is 0.180 e. The highest BCUT2D eigenvalue weighted by molar-refractivity contribution is 5.84. The van der Waals surface area contributed by atoms with Crippen molar-refractivity contribution in [3.05, 3.63) is 52.8 Å². The van der Waals surface area contributed by atoms with Crippen LogP contribution in [-0.2, 0) is 22.5 Å². The molecule has 0 spiro atoms. The van der Waals surface area contributed by atoms with E-state index in [1.54, 1.807) is 0 Å². The zero-order valence-corrected chi connectivity index (χ0v) is 15.0. The van der Waals surface area contributed by atoms with Gasteiger partial charge in [0.1, 0.15) is 18.3 Å². The van der Waals surface area contributed by atoms with Crippen LogP contribution in [0.5, 0.6) is 0 Å². The largest absolute Gasteiger partial charge is 0.479 e. The molecule has 1 N–H and O–H groups in total. The molecule has 26 heavy (non-hydrogen) atoms. The average molecular weight is 347 g/mol. The van der Waals surface area contributed by atoms with Crippen LogP contribution < -0.4 is 0 Å². The quantitative estimate of drug-likeness (QED) is 0.759. The molecule has 3 aromatic rings. The molecule has 0 saturated carbocycles. The van der Waals surface area contributed by atoms with Crippen molar-refractivity contribution < 1.29 is 9.47 Å². The normalized spacial score (nSPS) is 19.3. The van der Waals surface area contributed by atoms with Gasteiger partial charge in [0.05, 0.1) is 13.2 Å². The number of benzene rings is 1. The van der Waals surface area contributed by atoms with Crippen LogP contribution in [0.2, 0.25) is 0 Å². The zero-order valence-electron chi connectivity index (χ0n) is 15.0. The second-order valence-corrected chi connectivity index (χ2v) is 7.07. The summed E-state index contributed by atoms with van der Waals surface area (Å²) in [5.41, 5.74) is 8.33. The minimum atomic E-state index is 0.0519. The SMILES string of the molecule is CC1=N[C@@H](c2cc(-c3cnc4[nH]cc(C)c4c3)cc3c2COCC3)CO1. The van der Waals surface area contributed by atoms with E-state index in [0.717, 1.165) is 30.1 Å². The van der Waals surface area contributed by atoms with Crippen LogP contribution in [0.15, 0.2) is 35.6 Å². The first kappa shape index (κ1) is 15.6. The molecule has 0 fully saturated rings. The van der Waals surface area contributed by atoms with E-state index in [-0.39, 0.29) is 6.04 Å². The number of hydrogen-bond donors (Lipinski definition) is 1. The Kier molecular flexibility index (Phi) is 3.57. The topological polar surface area (TPSA) is 59.5 Å². The van der Waals surface area contributed by atoms with Gasteiger partial charge < -0.3 is 14.5 Å². The Labute approximate surface area is 152 Å². The molecule has 0 unspecified atom stereocenters. The van der Waals surface area contributed by atoms with Gasteiger partial charge in [-0.25, -0.2) is 9.98 Å². The molecule has 1 atom stereocenters. The number of nitrogens with zero attached hydrogens (tertiary/aromatic N) is 2. The van der Waals surface area contributed by atoms with Crippen LogP contribution in [0, 0.1) is 6.92 Å². The van der Waals surface area contributed by atoms with Gasteiger partial charge in [-0.3, -0.25) is 0 Å². The van der Waals surface area contributed by atoms with Crippen molar-refractivity contribution in [2.45, 2.75) is 32.9 Å². The lowest BCUT2D eigenvalue weighted by Crippen LogP contribution is -2.14. The highest BCUT2D eigenvalue weighted by atomic mass is 16.5. The van der Waals surface area contributed by atoms with Gasteiger partial charge in [0.15, 0.2) is 5.90 Å². The number of aromatic amines is 1. The first-order chi connectivity index (χ1) is 12.7. The van der Waals surface area contributed by atoms with Crippen molar-refractivity contribution in [2.24, 2.45) is 4.99 Å². The van der Waals surface area contributed by atoms with Crippen molar-refractivity contribution in [1.82, 2.24) is 9.97 Å². The lowest BCUT2D eigenvalue weighted by molar-refractivity contribution is 0.109. The summed E-state index contributed by atoms with van der Waals surface area (Å²) in [4.78, 5) is 12.5. The molecule has 0 bridgehead atoms. The summed E-state index contributed by atoms with van der Waals surface area (Å²) in [7, 11) is 0. The van der Waals surface area contributed by atoms with E-state index in [0.29, 0.717) is 13.2 Å². The third-order valence-electron chi connectivity index (χ3n) is 5.36. The van der Waals surface area contributed by atoms with Gasteiger partial charge in [-0.1, -0.05) is 6.07 Å². The number of rotatable bonds is 2. The molecular weight excluding hydrogens is 326 g/mol. The molecule has 4 heterocycles. The Hall–Kier alpha value is -2.66. The number of aromatic nitrogens is 2. The van der Waals surface area contributed by atoms with Crippen LogP contribution >= 0.6 is 0 Å². The molecule has 2 aliphatic rings. The Morgan fingerprint density at radius 2 is 2.08 bits per heavy atom. The number of pyridine rings is 1. The zero-order chi connectivity index (χ0) is 17.7. The maximum absolute atomic E-state index is 5.73. The van der Waals surface area contributed by atoms with Gasteiger partial charge in [-0.05, 0) is 53.3 Å². The van der Waals surface area contributed by atoms with Crippen LogP contribution in [0.3, 0.4) is 0 Å². The summed E-state index contributed by atoms with van der Waals surface area (Å²) in [6.07, 6.45) is 4.89. The number of aliphatic imine (C=N–C) groups is 1. The summed E-state index contributed by atoms with van der Waals surface area (Å²) in [5.74, 6) is 0.761. The fourth-order valence-corrected chi connectivity index (χ4v) is 3.92. The summed E-state index contributed by atoms with van der Waals surface area (Å²) in [6.45, 7) is 6.06. The highest BCUT2D eigenvalue weighted by Gasteiger charge is 2.25. The van der Waals surface area contributed by atoms with Crippen molar-refractivity contribution in [3.8, 4) is 11.1 Å². The Morgan fingerprint density at radius 1 is 1.15 bits per heavy atom. The summed E-state index contributed by atoms with van der Waals surface area (Å²) in [5, 5.41) is 1.17. The predicted octanol–water partition coefficient (Wildman–Crippen LogP) is 4.10. The van der Waals surface area contributed by atoms with E-state index in [1.807, 2.05) is 19.3 Å². The number of fused-ring (bicyclic) bond motifs is 2. The first-order valence-electron chi connectivity index (χ1n) is 9.04. The van der Waals surface area contributed by atoms with Crippen molar-refractivity contribution in [2.75, 3.05) is 13.2 Å². The van der Waals surface area contributed by atoms with Crippen LogP contribution in [0.1, 0.15) is 35.2 Å². The molecule has 0 aliphatic carbocycles. The van der Waals surface area contributed by atoms with Gasteiger partial charge in [-0.15, -0.1) is 0 Å². The van der Waals surface area contributed by atoms with Gasteiger partial charge in [-0.2, -0.15) is 0 Å². The van der Waals surface area contributed by atoms with Crippen molar-refractivity contribution in [1.29, 1.82) is 0 Å². The number of H-pyrrole nitrogens is 1. The van der Waals surface area contributed by atoms with Gasteiger partial charge in [0.2, 0.25) is 0 Å². The predicted molar refractivity (Wildman–Crippen MR) is 101 cm³/mol. The molecule has 0 saturated heterocycles. The fraction of sp³-hybridized carbons (Fsp3) is 0.333. The molecule has 0 amide bonds. The Morgan fingerprint density at radius 3 is 2.92 bits per heavy atom. The lowest BCUT2D eigenvalue weighted by Gasteiger charge is -2.23. The molecule has 132 valence electrons. The number of hydrogen-bond acceptors (Lipinski definition) is 4. The minimum absolute atomic E-state index is 0.0519. The van der Waals surface area contributed by atoms with E-state index < -0.39 is 0 Å². The first-order valence-corrected chi connectivity index (χ1v) is 9.04. The van der Waals surface area contributed by atoms with E-state index in [2.05, 4.69) is 40.1 Å². The summed E-state index contributed by atoms with van der Waals surface area (Å²) in [6, 6.07) is 6.81. The number of aryl methyl sites for hydroxylation is 1. The third kappa shape index (κ3) is 2.51. The molecule has 1 aromatic carbocycles. The molecule has 0 radical (unpaired) electrons. The van der Waals surface area contributed by atoms with Crippen LogP contribution in [0.4, 0.5) is 0 Å². The van der Waals surface area contributed by atoms with E-state index in [9.17, 15) is 0 Å². The summed E-state index contributed by atoms with van der Waals surface area (Å²) < 4.78 is 11.3. The number of ether oxygens (including phenoxy) is 2. The third-order valence-corrected chi connectivity index (χ3v) is 5.36. The van der Waals surface area contributed by atoms with Crippen molar-refractivity contribution >= 4 is 16.9 Å². The molecule has 2 aromatic heterocycles. The molecule has 5 rings (SSSR count). The van der Waals surface area contributed by atoms with E-state index in [4.69, 9.17) is 9.47 Å². The standard InChI is InChI=1S/C21H21N3O2/c1-12-8-22-21-17(12)7-16(9-23-21)15-5-14-3-4-25-10-19(14)18(6-15)20-11-26-13(2)24-20/h5-9,20H,3-4,10-11H2,1-2H3,(H,22,23)/t20-/m1/s1. The lowest BCUT2D eigenvalue weighted by atomic mass is 9.89. The monoisotopic (exact) mass is 347 g/mol. The minimum Gasteiger partial charge on any atom is -0.479 e. The second-order valence-electron chi connectivity index (χ2n) is 7.07. The summed E-state index contributed by atoms with van der Waals surface area (Å²) >= 11 is 0.